The summed E-state index contributed by atoms with van der Waals surface area (Å²) in [6, 6.07) is 0.998. The van der Waals surface area contributed by atoms with E-state index in [1.807, 2.05) is 0 Å². The zero-order valence-electron chi connectivity index (χ0n) is 8.79. The number of carbonyl (C=O) groups is 1. The van der Waals surface area contributed by atoms with Gasteiger partial charge in [-0.05, 0) is 18.6 Å². The molecule has 0 saturated carbocycles. The summed E-state index contributed by atoms with van der Waals surface area (Å²) in [5.74, 6) is -0.611. The molecule has 1 N–H and O–H groups in total. The Morgan fingerprint density at radius 1 is 1.75 bits per heavy atom. The van der Waals surface area contributed by atoms with Gasteiger partial charge >= 0.3 is 5.97 Å². The average molecular weight is 224 g/mol. The highest BCUT2D eigenvalue weighted by Gasteiger charge is 2.35. The van der Waals surface area contributed by atoms with Crippen LogP contribution < -0.4 is 5.06 Å². The van der Waals surface area contributed by atoms with Gasteiger partial charge in [-0.1, -0.05) is 0 Å². The van der Waals surface area contributed by atoms with Crippen LogP contribution in [0.25, 0.3) is 0 Å². The van der Waals surface area contributed by atoms with E-state index in [9.17, 15) is 10.0 Å². The number of aromatic nitrogens is 1. The van der Waals surface area contributed by atoms with Gasteiger partial charge in [0.1, 0.15) is 0 Å². The van der Waals surface area contributed by atoms with E-state index >= 15 is 0 Å². The Morgan fingerprint density at radius 2 is 2.56 bits per heavy atom. The quantitative estimate of drug-likeness (QED) is 0.601. The van der Waals surface area contributed by atoms with E-state index in [-0.39, 0.29) is 6.61 Å². The van der Waals surface area contributed by atoms with Gasteiger partial charge in [-0.25, -0.2) is 9.86 Å². The summed E-state index contributed by atoms with van der Waals surface area (Å²) in [5.41, 5.74) is 1.39. The van der Waals surface area contributed by atoms with Gasteiger partial charge in [-0.2, -0.15) is 4.89 Å². The first kappa shape index (κ1) is 10.8. The monoisotopic (exact) mass is 224 g/mol. The standard InChI is InChI=1S/C10H12N2O4/c1-2-15-16-10(13)8-5-7-3-4-11-6-9(7)12(8)14/h3-4,6,8,14H,2,5H2,1H3. The van der Waals surface area contributed by atoms with Crippen LogP contribution in [0.4, 0.5) is 5.69 Å². The number of fused-ring (bicyclic) bond motifs is 1. The first-order valence-corrected chi connectivity index (χ1v) is 4.98. The van der Waals surface area contributed by atoms with Crippen LogP contribution in [-0.2, 0) is 21.0 Å². The highest BCUT2D eigenvalue weighted by Crippen LogP contribution is 2.29. The van der Waals surface area contributed by atoms with Crippen LogP contribution in [0.2, 0.25) is 0 Å². The first-order chi connectivity index (χ1) is 7.74. The summed E-state index contributed by atoms with van der Waals surface area (Å²) in [4.78, 5) is 24.5. The molecule has 16 heavy (non-hydrogen) atoms. The molecule has 1 unspecified atom stereocenters. The average Bonchev–Trinajstić information content (AvgIpc) is 2.64. The van der Waals surface area contributed by atoms with Gasteiger partial charge in [0.15, 0.2) is 6.04 Å². The van der Waals surface area contributed by atoms with E-state index < -0.39 is 12.0 Å². The van der Waals surface area contributed by atoms with Crippen LogP contribution in [-0.4, -0.2) is 28.8 Å². The van der Waals surface area contributed by atoms with Crippen molar-refractivity contribution in [1.29, 1.82) is 0 Å². The molecule has 1 atom stereocenters. The molecule has 1 aliphatic rings. The highest BCUT2D eigenvalue weighted by molar-refractivity contribution is 5.82. The summed E-state index contributed by atoms with van der Waals surface area (Å²) in [5, 5.41) is 10.6. The molecule has 1 aromatic rings. The van der Waals surface area contributed by atoms with Crippen molar-refractivity contribution in [2.45, 2.75) is 19.4 Å². The number of hydrogen-bond donors (Lipinski definition) is 1. The molecule has 0 amide bonds. The van der Waals surface area contributed by atoms with E-state index in [1.54, 1.807) is 19.2 Å². The minimum absolute atomic E-state index is 0.276. The van der Waals surface area contributed by atoms with Gasteiger partial charge in [0.25, 0.3) is 0 Å². The van der Waals surface area contributed by atoms with Crippen molar-refractivity contribution in [3.05, 3.63) is 24.0 Å². The number of anilines is 1. The molecule has 2 rings (SSSR count). The minimum Gasteiger partial charge on any atom is -0.296 e. The molecule has 0 saturated heterocycles. The molecule has 6 heteroatoms. The summed E-state index contributed by atoms with van der Waals surface area (Å²) in [7, 11) is 0. The second-order valence-electron chi connectivity index (χ2n) is 3.38. The van der Waals surface area contributed by atoms with E-state index in [4.69, 9.17) is 0 Å². The molecule has 6 nitrogen and oxygen atoms in total. The SMILES string of the molecule is CCOOC(=O)C1Cc2ccncc2N1O. The number of rotatable bonds is 3. The van der Waals surface area contributed by atoms with Crippen LogP contribution in [0.1, 0.15) is 12.5 Å². The van der Waals surface area contributed by atoms with Gasteiger partial charge in [0.2, 0.25) is 0 Å². The van der Waals surface area contributed by atoms with Crippen molar-refractivity contribution in [2.24, 2.45) is 0 Å². The second kappa shape index (κ2) is 4.46. The van der Waals surface area contributed by atoms with Gasteiger partial charge in [-0.15, -0.1) is 0 Å². The number of nitrogens with zero attached hydrogens (tertiary/aromatic N) is 2. The molecule has 1 aromatic heterocycles. The normalized spacial score (nSPS) is 18.4. The fourth-order valence-corrected chi connectivity index (χ4v) is 1.61. The first-order valence-electron chi connectivity index (χ1n) is 4.98. The molecule has 0 aliphatic carbocycles. The van der Waals surface area contributed by atoms with E-state index in [1.165, 1.54) is 6.20 Å². The van der Waals surface area contributed by atoms with E-state index in [0.717, 1.165) is 10.6 Å². The lowest BCUT2D eigenvalue weighted by molar-refractivity contribution is -0.271. The van der Waals surface area contributed by atoms with Crippen molar-refractivity contribution in [2.75, 3.05) is 11.7 Å². The molecular formula is C10H12N2O4. The summed E-state index contributed by atoms with van der Waals surface area (Å²) < 4.78 is 0. The fourth-order valence-electron chi connectivity index (χ4n) is 1.61. The summed E-state index contributed by atoms with van der Waals surface area (Å²) in [6.07, 6.45) is 3.51. The summed E-state index contributed by atoms with van der Waals surface area (Å²) in [6.45, 7) is 1.98. The minimum atomic E-state index is -0.759. The van der Waals surface area contributed by atoms with Gasteiger partial charge in [0.05, 0.1) is 18.5 Å². The lowest BCUT2D eigenvalue weighted by atomic mass is 10.1. The van der Waals surface area contributed by atoms with Crippen molar-refractivity contribution in [1.82, 2.24) is 4.98 Å². The third-order valence-corrected chi connectivity index (χ3v) is 2.37. The Labute approximate surface area is 92.3 Å². The maximum Gasteiger partial charge on any atom is 0.367 e. The van der Waals surface area contributed by atoms with Gasteiger partial charge in [0, 0.05) is 12.6 Å². The van der Waals surface area contributed by atoms with Crippen LogP contribution >= 0.6 is 0 Å². The van der Waals surface area contributed by atoms with Crippen molar-refractivity contribution >= 4 is 11.7 Å². The molecule has 1 aliphatic heterocycles. The van der Waals surface area contributed by atoms with Crippen LogP contribution in [0, 0.1) is 0 Å². The number of pyridine rings is 1. The lowest BCUT2D eigenvalue weighted by Crippen LogP contribution is -2.37. The Bertz CT molecular complexity index is 396. The van der Waals surface area contributed by atoms with Crippen LogP contribution in [0.15, 0.2) is 18.5 Å². The van der Waals surface area contributed by atoms with E-state index in [2.05, 4.69) is 14.8 Å². The van der Waals surface area contributed by atoms with Crippen molar-refractivity contribution in [3.8, 4) is 0 Å². The van der Waals surface area contributed by atoms with Gasteiger partial charge < -0.3 is 0 Å². The maximum atomic E-state index is 11.5. The zero-order valence-corrected chi connectivity index (χ0v) is 8.79. The Hall–Kier alpha value is -1.66. The topological polar surface area (TPSA) is 71.9 Å². The molecule has 86 valence electrons. The maximum absolute atomic E-state index is 11.5. The van der Waals surface area contributed by atoms with Crippen molar-refractivity contribution in [3.63, 3.8) is 0 Å². The van der Waals surface area contributed by atoms with Gasteiger partial charge in [-0.3, -0.25) is 15.1 Å². The highest BCUT2D eigenvalue weighted by atomic mass is 17.2. The smallest absolute Gasteiger partial charge is 0.296 e. The largest absolute Gasteiger partial charge is 0.367 e. The molecule has 0 fully saturated rings. The molecule has 0 aromatic carbocycles. The molecule has 0 spiro atoms. The molecule has 0 bridgehead atoms. The van der Waals surface area contributed by atoms with E-state index in [0.29, 0.717) is 12.1 Å². The molecular weight excluding hydrogens is 212 g/mol. The third kappa shape index (κ3) is 1.84. The third-order valence-electron chi connectivity index (χ3n) is 2.37. The van der Waals surface area contributed by atoms with Crippen LogP contribution in [0.3, 0.4) is 0 Å². The predicted octanol–water partition coefficient (Wildman–Crippen LogP) is 0.697. The Morgan fingerprint density at radius 3 is 3.25 bits per heavy atom. The second-order valence-corrected chi connectivity index (χ2v) is 3.38. The Kier molecular flexibility index (Phi) is 3.02. The van der Waals surface area contributed by atoms with Crippen LogP contribution in [0.5, 0.6) is 0 Å². The lowest BCUT2D eigenvalue weighted by Gasteiger charge is -2.17. The zero-order chi connectivity index (χ0) is 11.5. The number of carbonyl (C=O) groups excluding carboxylic acids is 1. The fraction of sp³-hybridized carbons (Fsp3) is 0.400. The number of hydrogen-bond acceptors (Lipinski definition) is 6. The Balaban J connectivity index is 2.09. The van der Waals surface area contributed by atoms with Crippen molar-refractivity contribution < 1.29 is 19.8 Å². The molecule has 0 radical (unpaired) electrons. The molecule has 2 heterocycles. The predicted molar refractivity (Wildman–Crippen MR) is 53.7 cm³/mol. The summed E-state index contributed by atoms with van der Waals surface area (Å²) >= 11 is 0. The number of hydroxylamine groups is 1.